The Morgan fingerprint density at radius 3 is 2.76 bits per heavy atom. The summed E-state index contributed by atoms with van der Waals surface area (Å²) in [6.45, 7) is 3.62. The number of carbonyl (C=O) groups is 1. The minimum absolute atomic E-state index is 0.00282. The topological polar surface area (TPSA) is 92.4 Å². The van der Waals surface area contributed by atoms with Gasteiger partial charge < -0.3 is 10.4 Å². The van der Waals surface area contributed by atoms with Gasteiger partial charge in [-0.05, 0) is 32.4 Å². The summed E-state index contributed by atoms with van der Waals surface area (Å²) in [4.78, 5) is 10.6. The van der Waals surface area contributed by atoms with Gasteiger partial charge in [-0.2, -0.15) is 4.52 Å². The van der Waals surface area contributed by atoms with Crippen molar-refractivity contribution in [1.82, 2.24) is 19.8 Å². The number of rotatable bonds is 6. The van der Waals surface area contributed by atoms with E-state index in [4.69, 9.17) is 5.11 Å². The molecule has 2 aromatic heterocycles. The molecule has 0 aliphatic rings. The highest BCUT2D eigenvalue weighted by Crippen LogP contribution is 2.20. The quantitative estimate of drug-likeness (QED) is 0.848. The molecule has 0 saturated carbocycles. The van der Waals surface area contributed by atoms with Crippen molar-refractivity contribution in [3.8, 4) is 0 Å². The molecule has 0 saturated heterocycles. The summed E-state index contributed by atoms with van der Waals surface area (Å²) in [7, 11) is 0. The Morgan fingerprint density at radius 2 is 2.14 bits per heavy atom. The van der Waals surface area contributed by atoms with Gasteiger partial charge in [0.25, 0.3) is 6.43 Å². The zero-order chi connectivity index (χ0) is 15.6. The van der Waals surface area contributed by atoms with Crippen LogP contribution in [0.25, 0.3) is 5.65 Å². The summed E-state index contributed by atoms with van der Waals surface area (Å²) in [5.74, 6) is -1.08. The molecule has 0 aliphatic heterocycles. The van der Waals surface area contributed by atoms with E-state index in [9.17, 15) is 13.6 Å². The van der Waals surface area contributed by atoms with Crippen molar-refractivity contribution in [2.75, 3.05) is 5.32 Å². The fourth-order valence-corrected chi connectivity index (χ4v) is 1.84. The molecular weight excluding hydrogens is 284 g/mol. The van der Waals surface area contributed by atoms with E-state index < -0.39 is 23.8 Å². The van der Waals surface area contributed by atoms with Gasteiger partial charge in [-0.1, -0.05) is 0 Å². The van der Waals surface area contributed by atoms with Crippen LogP contribution in [-0.2, 0) is 4.79 Å². The first kappa shape index (κ1) is 15.1. The molecule has 0 radical (unpaired) electrons. The van der Waals surface area contributed by atoms with Crippen LogP contribution in [0.1, 0.15) is 38.9 Å². The summed E-state index contributed by atoms with van der Waals surface area (Å²) in [5, 5.41) is 22.7. The maximum atomic E-state index is 12.8. The molecular formula is C12H15F2N5O2. The van der Waals surface area contributed by atoms with Gasteiger partial charge in [-0.3, -0.25) is 4.79 Å². The normalized spacial score (nSPS) is 12.0. The molecule has 0 bridgehead atoms. The SMILES string of the molecule is CC(C)(CCC(=O)O)Nc1ccc2nnc(C(F)F)n2n1. The van der Waals surface area contributed by atoms with Crippen LogP contribution < -0.4 is 5.32 Å². The highest BCUT2D eigenvalue weighted by molar-refractivity contribution is 5.66. The summed E-state index contributed by atoms with van der Waals surface area (Å²) in [6.07, 6.45) is -2.41. The highest BCUT2D eigenvalue weighted by Gasteiger charge is 2.21. The van der Waals surface area contributed by atoms with Gasteiger partial charge in [0.1, 0.15) is 5.82 Å². The first-order valence-electron chi connectivity index (χ1n) is 6.29. The average molecular weight is 299 g/mol. The van der Waals surface area contributed by atoms with Gasteiger partial charge in [0.15, 0.2) is 5.65 Å². The Hall–Kier alpha value is -2.32. The van der Waals surface area contributed by atoms with E-state index in [-0.39, 0.29) is 12.1 Å². The van der Waals surface area contributed by atoms with E-state index in [2.05, 4.69) is 20.6 Å². The number of hydrogen-bond acceptors (Lipinski definition) is 5. The molecule has 0 unspecified atom stereocenters. The second-order valence-electron chi connectivity index (χ2n) is 5.25. The molecule has 2 rings (SSSR count). The molecule has 0 atom stereocenters. The predicted octanol–water partition coefficient (Wildman–Crippen LogP) is 2.12. The van der Waals surface area contributed by atoms with Crippen molar-refractivity contribution in [3.05, 3.63) is 18.0 Å². The van der Waals surface area contributed by atoms with Crippen molar-refractivity contribution in [1.29, 1.82) is 0 Å². The monoisotopic (exact) mass is 299 g/mol. The zero-order valence-corrected chi connectivity index (χ0v) is 11.5. The molecule has 0 amide bonds. The second-order valence-corrected chi connectivity index (χ2v) is 5.25. The number of nitrogens with zero attached hydrogens (tertiary/aromatic N) is 4. The lowest BCUT2D eigenvalue weighted by atomic mass is 9.98. The molecule has 9 heteroatoms. The molecule has 2 aromatic rings. The third kappa shape index (κ3) is 3.61. The molecule has 7 nitrogen and oxygen atoms in total. The van der Waals surface area contributed by atoms with Crippen LogP contribution in [-0.4, -0.2) is 36.4 Å². The van der Waals surface area contributed by atoms with Crippen LogP contribution in [0.2, 0.25) is 0 Å². The lowest BCUT2D eigenvalue weighted by Crippen LogP contribution is -2.32. The Labute approximate surface area is 119 Å². The predicted molar refractivity (Wildman–Crippen MR) is 70.3 cm³/mol. The number of anilines is 1. The Balaban J connectivity index is 2.22. The number of alkyl halides is 2. The zero-order valence-electron chi connectivity index (χ0n) is 11.5. The van der Waals surface area contributed by atoms with E-state index in [0.29, 0.717) is 12.2 Å². The Bertz CT molecular complexity index is 656. The minimum Gasteiger partial charge on any atom is -0.481 e. The summed E-state index contributed by atoms with van der Waals surface area (Å²) in [6, 6.07) is 3.10. The van der Waals surface area contributed by atoms with Crippen molar-refractivity contribution >= 4 is 17.4 Å². The third-order valence-corrected chi connectivity index (χ3v) is 2.91. The van der Waals surface area contributed by atoms with E-state index in [1.165, 1.54) is 6.07 Å². The van der Waals surface area contributed by atoms with Crippen LogP contribution in [0.5, 0.6) is 0 Å². The number of carboxylic acid groups (broad SMARTS) is 1. The van der Waals surface area contributed by atoms with Crippen molar-refractivity contribution in [2.45, 2.75) is 38.7 Å². The minimum atomic E-state index is -2.78. The van der Waals surface area contributed by atoms with Crippen molar-refractivity contribution in [2.24, 2.45) is 0 Å². The number of fused-ring (bicyclic) bond motifs is 1. The lowest BCUT2D eigenvalue weighted by molar-refractivity contribution is -0.137. The number of aromatic nitrogens is 4. The van der Waals surface area contributed by atoms with Gasteiger partial charge >= 0.3 is 5.97 Å². The molecule has 0 fully saturated rings. The molecule has 114 valence electrons. The standard InChI is InChI=1S/C12H15F2N5O2/c1-12(2,6-5-9(20)21)15-7-3-4-8-16-17-11(10(13)14)19(8)18-7/h3-4,10H,5-6H2,1-2H3,(H,15,18)(H,20,21). The van der Waals surface area contributed by atoms with E-state index in [1.807, 2.05) is 13.8 Å². The number of halogens is 2. The van der Waals surface area contributed by atoms with E-state index >= 15 is 0 Å². The number of aliphatic carboxylic acids is 1. The summed E-state index contributed by atoms with van der Waals surface area (Å²) in [5.41, 5.74) is -0.322. The lowest BCUT2D eigenvalue weighted by Gasteiger charge is -2.26. The van der Waals surface area contributed by atoms with Crippen LogP contribution >= 0.6 is 0 Å². The Morgan fingerprint density at radius 1 is 1.43 bits per heavy atom. The molecule has 2 heterocycles. The fourth-order valence-electron chi connectivity index (χ4n) is 1.84. The maximum absolute atomic E-state index is 12.8. The fraction of sp³-hybridized carbons (Fsp3) is 0.500. The molecule has 2 N–H and O–H groups in total. The van der Waals surface area contributed by atoms with Crippen molar-refractivity contribution in [3.63, 3.8) is 0 Å². The molecule has 21 heavy (non-hydrogen) atoms. The van der Waals surface area contributed by atoms with Gasteiger partial charge in [-0.15, -0.1) is 15.3 Å². The largest absolute Gasteiger partial charge is 0.481 e. The number of carboxylic acids is 1. The van der Waals surface area contributed by atoms with Crippen LogP contribution in [0.15, 0.2) is 12.1 Å². The maximum Gasteiger partial charge on any atom is 0.303 e. The van der Waals surface area contributed by atoms with Crippen LogP contribution in [0.4, 0.5) is 14.6 Å². The van der Waals surface area contributed by atoms with Gasteiger partial charge in [-0.25, -0.2) is 8.78 Å². The first-order chi connectivity index (χ1) is 9.78. The smallest absolute Gasteiger partial charge is 0.303 e. The summed E-state index contributed by atoms with van der Waals surface area (Å²) < 4.78 is 26.5. The van der Waals surface area contributed by atoms with E-state index in [0.717, 1.165) is 4.52 Å². The van der Waals surface area contributed by atoms with E-state index in [1.54, 1.807) is 6.07 Å². The van der Waals surface area contributed by atoms with Gasteiger partial charge in [0, 0.05) is 12.0 Å². The average Bonchev–Trinajstić information content (AvgIpc) is 2.79. The highest BCUT2D eigenvalue weighted by atomic mass is 19.3. The Kier molecular flexibility index (Phi) is 4.01. The van der Waals surface area contributed by atoms with Gasteiger partial charge in [0.05, 0.1) is 0 Å². The van der Waals surface area contributed by atoms with Gasteiger partial charge in [0.2, 0.25) is 5.82 Å². The van der Waals surface area contributed by atoms with Crippen LogP contribution in [0, 0.1) is 0 Å². The first-order valence-corrected chi connectivity index (χ1v) is 6.29. The number of hydrogen-bond donors (Lipinski definition) is 2. The third-order valence-electron chi connectivity index (χ3n) is 2.91. The van der Waals surface area contributed by atoms with Crippen LogP contribution in [0.3, 0.4) is 0 Å². The molecule has 0 aromatic carbocycles. The second kappa shape index (κ2) is 5.58. The number of nitrogens with one attached hydrogen (secondary N) is 1. The molecule has 0 aliphatic carbocycles. The van der Waals surface area contributed by atoms with Crippen molar-refractivity contribution < 1.29 is 18.7 Å². The summed E-state index contributed by atoms with van der Waals surface area (Å²) >= 11 is 0. The molecule has 0 spiro atoms.